The summed E-state index contributed by atoms with van der Waals surface area (Å²) in [4.78, 5) is 36.8. The van der Waals surface area contributed by atoms with Gasteiger partial charge < -0.3 is 20.4 Å². The molecule has 0 radical (unpaired) electrons. The van der Waals surface area contributed by atoms with Crippen molar-refractivity contribution in [3.8, 4) is 0 Å². The molecule has 152 valence electrons. The van der Waals surface area contributed by atoms with Crippen molar-refractivity contribution in [3.05, 3.63) is 30.5 Å². The van der Waals surface area contributed by atoms with Crippen molar-refractivity contribution in [2.75, 3.05) is 34.0 Å². The maximum absolute atomic E-state index is 12.4. The molecule has 8 heteroatoms. The molecule has 0 unspecified atom stereocenters. The fourth-order valence-corrected chi connectivity index (χ4v) is 4.04. The van der Waals surface area contributed by atoms with Crippen molar-refractivity contribution in [1.29, 1.82) is 0 Å². The first-order chi connectivity index (χ1) is 14.0. The van der Waals surface area contributed by atoms with Crippen molar-refractivity contribution in [2.24, 2.45) is 0 Å². The van der Waals surface area contributed by atoms with Gasteiger partial charge >= 0.3 is 0 Å². The highest BCUT2D eigenvalue weighted by molar-refractivity contribution is 5.97. The molecule has 1 aromatic carbocycles. The van der Waals surface area contributed by atoms with Crippen LogP contribution in [0.25, 0.3) is 0 Å². The third-order valence-corrected chi connectivity index (χ3v) is 5.55. The summed E-state index contributed by atoms with van der Waals surface area (Å²) < 4.78 is 0. The Hall–Kier alpha value is -3.16. The van der Waals surface area contributed by atoms with Gasteiger partial charge in [-0.05, 0) is 37.1 Å². The Kier molecular flexibility index (Phi) is 5.33. The summed E-state index contributed by atoms with van der Waals surface area (Å²) in [7, 11) is 1.79. The van der Waals surface area contributed by atoms with Gasteiger partial charge in [-0.25, -0.2) is 4.98 Å². The lowest BCUT2D eigenvalue weighted by molar-refractivity contribution is -0.118. The van der Waals surface area contributed by atoms with Gasteiger partial charge in [-0.15, -0.1) is 0 Å². The van der Waals surface area contributed by atoms with E-state index in [1.165, 1.54) is 19.8 Å². The van der Waals surface area contributed by atoms with E-state index in [4.69, 9.17) is 4.98 Å². The molecule has 1 aliphatic heterocycles. The zero-order valence-corrected chi connectivity index (χ0v) is 16.8. The van der Waals surface area contributed by atoms with Crippen LogP contribution in [0.3, 0.4) is 0 Å². The molecule has 2 aliphatic rings. The highest BCUT2D eigenvalue weighted by Crippen LogP contribution is 2.36. The number of benzene rings is 1. The molecule has 1 aromatic heterocycles. The topological polar surface area (TPSA) is 90.5 Å². The highest BCUT2D eigenvalue weighted by Gasteiger charge is 2.31. The van der Waals surface area contributed by atoms with Crippen LogP contribution in [-0.4, -0.2) is 41.4 Å². The van der Waals surface area contributed by atoms with Crippen LogP contribution in [-0.2, 0) is 9.59 Å². The Bertz CT molecular complexity index is 908. The Balaban J connectivity index is 1.61. The molecule has 29 heavy (non-hydrogen) atoms. The van der Waals surface area contributed by atoms with Gasteiger partial charge in [0.1, 0.15) is 5.69 Å². The molecular formula is C21H26N6O2. The van der Waals surface area contributed by atoms with Crippen LogP contribution in [0.1, 0.15) is 39.0 Å². The molecule has 0 saturated heterocycles. The van der Waals surface area contributed by atoms with Crippen molar-refractivity contribution >= 4 is 40.6 Å². The minimum atomic E-state index is -0.106. The van der Waals surface area contributed by atoms with Gasteiger partial charge in [0.2, 0.25) is 17.8 Å². The lowest BCUT2D eigenvalue weighted by Crippen LogP contribution is -2.34. The lowest BCUT2D eigenvalue weighted by Gasteiger charge is -2.30. The predicted octanol–water partition coefficient (Wildman–Crippen LogP) is 3.29. The van der Waals surface area contributed by atoms with Crippen LogP contribution in [0.15, 0.2) is 30.5 Å². The molecule has 2 aromatic rings. The van der Waals surface area contributed by atoms with Gasteiger partial charge in [-0.1, -0.05) is 12.8 Å². The number of fused-ring (bicyclic) bond motifs is 1. The summed E-state index contributed by atoms with van der Waals surface area (Å²) in [6, 6.07) is 7.80. The number of aromatic nitrogens is 2. The third-order valence-electron chi connectivity index (χ3n) is 5.55. The average Bonchev–Trinajstić information content (AvgIpc) is 3.19. The van der Waals surface area contributed by atoms with Crippen molar-refractivity contribution in [2.45, 2.75) is 45.1 Å². The fourth-order valence-electron chi connectivity index (χ4n) is 4.04. The van der Waals surface area contributed by atoms with E-state index in [1.807, 2.05) is 24.3 Å². The second-order valence-electron chi connectivity index (χ2n) is 7.62. The number of carbonyl (C=O) groups is 2. The SMILES string of the molecule is CC(=O)Nc1ccc(Nc2ncc3c(n2)N(C2CCCC2)CCC(=O)N3C)cc1. The van der Waals surface area contributed by atoms with Gasteiger partial charge in [-0.2, -0.15) is 4.98 Å². The zero-order chi connectivity index (χ0) is 20.4. The molecule has 8 nitrogen and oxygen atoms in total. The monoisotopic (exact) mass is 394 g/mol. The van der Waals surface area contributed by atoms with Gasteiger partial charge in [-0.3, -0.25) is 9.59 Å². The molecule has 1 saturated carbocycles. The second kappa shape index (κ2) is 8.06. The zero-order valence-electron chi connectivity index (χ0n) is 16.8. The number of rotatable bonds is 4. The molecule has 2 amide bonds. The number of nitrogens with one attached hydrogen (secondary N) is 2. The van der Waals surface area contributed by atoms with E-state index in [-0.39, 0.29) is 11.8 Å². The Morgan fingerprint density at radius 3 is 2.52 bits per heavy atom. The summed E-state index contributed by atoms with van der Waals surface area (Å²) in [5, 5.41) is 5.97. The van der Waals surface area contributed by atoms with Crippen LogP contribution in [0, 0.1) is 0 Å². The van der Waals surface area contributed by atoms with Gasteiger partial charge in [0.15, 0.2) is 5.82 Å². The average molecular weight is 394 g/mol. The first-order valence-electron chi connectivity index (χ1n) is 10.1. The number of nitrogens with zero attached hydrogens (tertiary/aromatic N) is 4. The van der Waals surface area contributed by atoms with E-state index >= 15 is 0 Å². The van der Waals surface area contributed by atoms with E-state index < -0.39 is 0 Å². The van der Waals surface area contributed by atoms with Gasteiger partial charge in [0.25, 0.3) is 0 Å². The molecule has 1 aliphatic carbocycles. The first kappa shape index (κ1) is 19.2. The minimum absolute atomic E-state index is 0.0876. The number of carbonyl (C=O) groups excluding carboxylic acids is 2. The largest absolute Gasteiger partial charge is 0.351 e. The standard InChI is InChI=1S/C21H26N6O2/c1-14(28)23-15-7-9-16(10-8-15)24-21-22-13-18-20(25-21)27(17-5-3-4-6-17)12-11-19(29)26(18)2/h7-10,13,17H,3-6,11-12H2,1-2H3,(H,23,28)(H,22,24,25). The molecule has 2 heterocycles. The highest BCUT2D eigenvalue weighted by atomic mass is 16.2. The van der Waals surface area contributed by atoms with E-state index in [0.29, 0.717) is 25.0 Å². The number of hydrogen-bond acceptors (Lipinski definition) is 6. The summed E-state index contributed by atoms with van der Waals surface area (Å²) in [6.45, 7) is 2.16. The predicted molar refractivity (Wildman–Crippen MR) is 114 cm³/mol. The lowest BCUT2D eigenvalue weighted by atomic mass is 10.2. The summed E-state index contributed by atoms with van der Waals surface area (Å²) in [5.41, 5.74) is 2.31. The Morgan fingerprint density at radius 1 is 1.14 bits per heavy atom. The van der Waals surface area contributed by atoms with Crippen LogP contribution < -0.4 is 20.4 Å². The smallest absolute Gasteiger partial charge is 0.229 e. The van der Waals surface area contributed by atoms with E-state index in [1.54, 1.807) is 18.1 Å². The molecule has 0 atom stereocenters. The number of hydrogen-bond donors (Lipinski definition) is 2. The maximum atomic E-state index is 12.4. The van der Waals surface area contributed by atoms with Crippen molar-refractivity contribution in [3.63, 3.8) is 0 Å². The summed E-state index contributed by atoms with van der Waals surface area (Å²) in [6.07, 6.45) is 6.91. The van der Waals surface area contributed by atoms with Crippen molar-refractivity contribution < 1.29 is 9.59 Å². The van der Waals surface area contributed by atoms with Crippen LogP contribution >= 0.6 is 0 Å². The first-order valence-corrected chi connectivity index (χ1v) is 10.1. The molecule has 1 fully saturated rings. The van der Waals surface area contributed by atoms with Crippen LogP contribution in [0.5, 0.6) is 0 Å². The van der Waals surface area contributed by atoms with Crippen LogP contribution in [0.4, 0.5) is 28.8 Å². The van der Waals surface area contributed by atoms with E-state index in [0.717, 1.165) is 35.7 Å². The molecule has 0 bridgehead atoms. The van der Waals surface area contributed by atoms with E-state index in [9.17, 15) is 9.59 Å². The molecule has 2 N–H and O–H groups in total. The fraction of sp³-hybridized carbons (Fsp3) is 0.429. The Labute approximate surface area is 170 Å². The maximum Gasteiger partial charge on any atom is 0.229 e. The quantitative estimate of drug-likeness (QED) is 0.827. The van der Waals surface area contributed by atoms with Crippen LogP contribution in [0.2, 0.25) is 0 Å². The number of anilines is 5. The minimum Gasteiger partial charge on any atom is -0.351 e. The normalized spacial score (nSPS) is 17.1. The molecule has 4 rings (SSSR count). The summed E-state index contributed by atoms with van der Waals surface area (Å²) >= 11 is 0. The van der Waals surface area contributed by atoms with Gasteiger partial charge in [0, 0.05) is 44.4 Å². The second-order valence-corrected chi connectivity index (χ2v) is 7.62. The van der Waals surface area contributed by atoms with Crippen molar-refractivity contribution in [1.82, 2.24) is 9.97 Å². The van der Waals surface area contributed by atoms with E-state index in [2.05, 4.69) is 20.5 Å². The third kappa shape index (κ3) is 4.16. The molecule has 0 spiro atoms. The Morgan fingerprint density at radius 2 is 1.83 bits per heavy atom. The summed E-state index contributed by atoms with van der Waals surface area (Å²) in [5.74, 6) is 1.29. The molecular weight excluding hydrogens is 368 g/mol. The van der Waals surface area contributed by atoms with Gasteiger partial charge in [0.05, 0.1) is 6.20 Å². The number of amides is 2.